The second-order valence-electron chi connectivity index (χ2n) is 2.51. The smallest absolute Gasteiger partial charge is 0.423 e. The van der Waals surface area contributed by atoms with Crippen LogP contribution in [0.3, 0.4) is 0 Å². The van der Waals surface area contributed by atoms with Crippen LogP contribution >= 0.6 is 11.6 Å². The number of rotatable bonds is 0. The van der Waals surface area contributed by atoms with Crippen LogP contribution in [0.4, 0.5) is 0 Å². The summed E-state index contributed by atoms with van der Waals surface area (Å²) < 4.78 is 4.98. The molecule has 0 fully saturated rings. The Balaban J connectivity index is 2.52. The van der Waals surface area contributed by atoms with Crippen molar-refractivity contribution < 1.29 is 9.68 Å². The van der Waals surface area contributed by atoms with Gasteiger partial charge in [0.1, 0.15) is 0 Å². The lowest BCUT2D eigenvalue weighted by molar-refractivity contribution is 0.275. The van der Waals surface area contributed by atoms with E-state index in [2.05, 4.69) is 0 Å². The molecule has 1 aromatic rings. The first-order valence-electron chi connectivity index (χ1n) is 3.35. The summed E-state index contributed by atoms with van der Waals surface area (Å²) in [7, 11) is -0.788. The SMILES string of the molecule is OB1OCc2ccc(Cl)cc21. The second kappa shape index (κ2) is 2.52. The highest BCUT2D eigenvalue weighted by Gasteiger charge is 2.26. The molecule has 1 aromatic carbocycles. The molecule has 0 radical (unpaired) electrons. The first kappa shape index (κ1) is 7.16. The Morgan fingerprint density at radius 3 is 3.18 bits per heavy atom. The molecule has 1 aliphatic heterocycles. The van der Waals surface area contributed by atoms with Crippen molar-refractivity contribution in [3.63, 3.8) is 0 Å². The van der Waals surface area contributed by atoms with E-state index in [9.17, 15) is 5.02 Å². The Morgan fingerprint density at radius 2 is 2.36 bits per heavy atom. The van der Waals surface area contributed by atoms with Gasteiger partial charge in [-0.3, -0.25) is 0 Å². The van der Waals surface area contributed by atoms with Crippen LogP contribution in [0, 0.1) is 0 Å². The Morgan fingerprint density at radius 1 is 1.55 bits per heavy atom. The quantitative estimate of drug-likeness (QED) is 0.574. The average Bonchev–Trinajstić information content (AvgIpc) is 2.33. The van der Waals surface area contributed by atoms with Gasteiger partial charge in [-0.2, -0.15) is 0 Å². The van der Waals surface area contributed by atoms with E-state index in [0.29, 0.717) is 11.6 Å². The zero-order valence-corrected chi connectivity index (χ0v) is 6.51. The molecule has 0 saturated carbocycles. The molecule has 0 aliphatic carbocycles. The Bertz CT molecular complexity index is 290. The molecule has 11 heavy (non-hydrogen) atoms. The molecule has 0 bridgehead atoms. The molecule has 4 heteroatoms. The summed E-state index contributed by atoms with van der Waals surface area (Å²) in [6, 6.07) is 5.39. The highest BCUT2D eigenvalue weighted by molar-refractivity contribution is 6.61. The van der Waals surface area contributed by atoms with Crippen LogP contribution in [0.15, 0.2) is 18.2 Å². The minimum Gasteiger partial charge on any atom is -0.423 e. The molecule has 2 nitrogen and oxygen atoms in total. The van der Waals surface area contributed by atoms with Crippen LogP contribution in [0.5, 0.6) is 0 Å². The number of fused-ring (bicyclic) bond motifs is 1. The molecule has 56 valence electrons. The molecule has 0 atom stereocenters. The van der Waals surface area contributed by atoms with Crippen LogP contribution in [0.1, 0.15) is 5.56 Å². The van der Waals surface area contributed by atoms with Crippen molar-refractivity contribution >= 4 is 24.2 Å². The number of hydrogen-bond donors (Lipinski definition) is 1. The van der Waals surface area contributed by atoms with Gasteiger partial charge in [-0.1, -0.05) is 17.7 Å². The summed E-state index contributed by atoms with van der Waals surface area (Å²) in [5, 5.41) is 9.86. The fraction of sp³-hybridized carbons (Fsp3) is 0.143. The number of hydrogen-bond acceptors (Lipinski definition) is 2. The Hall–Kier alpha value is -0.505. The lowest BCUT2D eigenvalue weighted by atomic mass is 9.80. The molecule has 1 N–H and O–H groups in total. The largest absolute Gasteiger partial charge is 0.491 e. The first-order valence-corrected chi connectivity index (χ1v) is 3.73. The van der Waals surface area contributed by atoms with Gasteiger partial charge in [-0.15, -0.1) is 0 Å². The van der Waals surface area contributed by atoms with Gasteiger partial charge in [0.05, 0.1) is 6.61 Å². The van der Waals surface area contributed by atoms with Gasteiger partial charge >= 0.3 is 7.12 Å². The van der Waals surface area contributed by atoms with Gasteiger partial charge in [-0.25, -0.2) is 0 Å². The first-order chi connectivity index (χ1) is 5.27. The Kier molecular flexibility index (Phi) is 1.64. The van der Waals surface area contributed by atoms with Gasteiger partial charge in [0, 0.05) is 5.02 Å². The summed E-state index contributed by atoms with van der Waals surface area (Å²) in [5.74, 6) is 0. The third-order valence-corrected chi connectivity index (χ3v) is 2.01. The van der Waals surface area contributed by atoms with Crippen molar-refractivity contribution in [2.24, 2.45) is 0 Å². The topological polar surface area (TPSA) is 29.5 Å². The van der Waals surface area contributed by atoms with Crippen molar-refractivity contribution in [3.05, 3.63) is 28.8 Å². The molecule has 0 amide bonds. The summed E-state index contributed by atoms with van der Waals surface area (Å²) in [6.07, 6.45) is 0. The van der Waals surface area contributed by atoms with Crippen molar-refractivity contribution in [2.75, 3.05) is 0 Å². The molecule has 1 heterocycles. The van der Waals surface area contributed by atoms with Crippen LogP contribution in [-0.4, -0.2) is 12.1 Å². The van der Waals surface area contributed by atoms with E-state index in [4.69, 9.17) is 16.3 Å². The van der Waals surface area contributed by atoms with E-state index in [-0.39, 0.29) is 0 Å². The fourth-order valence-electron chi connectivity index (χ4n) is 1.19. The maximum absolute atomic E-state index is 9.22. The van der Waals surface area contributed by atoms with Gasteiger partial charge in [-0.05, 0) is 23.2 Å². The maximum Gasteiger partial charge on any atom is 0.491 e. The number of benzene rings is 1. The summed E-state index contributed by atoms with van der Waals surface area (Å²) in [6.45, 7) is 0.480. The predicted octanol–water partition coefficient (Wildman–Crippen LogP) is 0.558. The van der Waals surface area contributed by atoms with Crippen molar-refractivity contribution in [1.82, 2.24) is 0 Å². The standard InChI is InChI=1S/C7H6BClO2/c9-6-2-1-5-4-11-8(10)7(5)3-6/h1-3,10H,4H2. The fourth-order valence-corrected chi connectivity index (χ4v) is 1.37. The van der Waals surface area contributed by atoms with E-state index in [1.54, 1.807) is 12.1 Å². The highest BCUT2D eigenvalue weighted by Crippen LogP contribution is 2.13. The minimum absolute atomic E-state index is 0.480. The van der Waals surface area contributed by atoms with E-state index in [1.807, 2.05) is 6.07 Å². The minimum atomic E-state index is -0.788. The molecular formula is C7H6BClO2. The van der Waals surface area contributed by atoms with Crippen molar-refractivity contribution in [3.8, 4) is 0 Å². The summed E-state index contributed by atoms with van der Waals surface area (Å²) >= 11 is 5.72. The zero-order chi connectivity index (χ0) is 7.84. The van der Waals surface area contributed by atoms with E-state index in [1.165, 1.54) is 0 Å². The van der Waals surface area contributed by atoms with Gasteiger partial charge < -0.3 is 9.68 Å². The molecule has 1 aliphatic rings. The normalized spacial score (nSPS) is 15.3. The zero-order valence-electron chi connectivity index (χ0n) is 5.75. The van der Waals surface area contributed by atoms with Crippen LogP contribution in [0.2, 0.25) is 5.02 Å². The number of halogens is 1. The lowest BCUT2D eigenvalue weighted by Crippen LogP contribution is -2.27. The molecule has 0 aromatic heterocycles. The molecule has 2 rings (SSSR count). The van der Waals surface area contributed by atoms with E-state index < -0.39 is 7.12 Å². The third-order valence-electron chi connectivity index (χ3n) is 1.77. The molecule has 0 saturated heterocycles. The second-order valence-corrected chi connectivity index (χ2v) is 2.94. The molecule has 0 unspecified atom stereocenters. The van der Waals surface area contributed by atoms with Crippen molar-refractivity contribution in [1.29, 1.82) is 0 Å². The van der Waals surface area contributed by atoms with Crippen molar-refractivity contribution in [2.45, 2.75) is 6.61 Å². The lowest BCUT2D eigenvalue weighted by Gasteiger charge is -1.96. The van der Waals surface area contributed by atoms with Crippen LogP contribution < -0.4 is 5.46 Å². The summed E-state index contributed by atoms with van der Waals surface area (Å²) in [5.41, 5.74) is 1.81. The van der Waals surface area contributed by atoms with Crippen LogP contribution in [0.25, 0.3) is 0 Å². The average molecular weight is 168 g/mol. The van der Waals surface area contributed by atoms with Gasteiger partial charge in [0.2, 0.25) is 0 Å². The van der Waals surface area contributed by atoms with E-state index in [0.717, 1.165) is 11.0 Å². The summed E-state index contributed by atoms with van der Waals surface area (Å²) in [4.78, 5) is 0. The Labute approximate surface area is 69.9 Å². The monoisotopic (exact) mass is 168 g/mol. The molecular weight excluding hydrogens is 162 g/mol. The molecule has 0 spiro atoms. The van der Waals surface area contributed by atoms with Gasteiger partial charge in [0.25, 0.3) is 0 Å². The van der Waals surface area contributed by atoms with Crippen LogP contribution in [-0.2, 0) is 11.3 Å². The predicted molar refractivity (Wildman–Crippen MR) is 43.8 cm³/mol. The maximum atomic E-state index is 9.22. The van der Waals surface area contributed by atoms with E-state index >= 15 is 0 Å². The van der Waals surface area contributed by atoms with Gasteiger partial charge in [0.15, 0.2) is 0 Å². The third kappa shape index (κ3) is 1.15. The highest BCUT2D eigenvalue weighted by atomic mass is 35.5.